The van der Waals surface area contributed by atoms with Crippen LogP contribution in [-0.4, -0.2) is 33.5 Å². The molecule has 2 aromatic carbocycles. The Hall–Kier alpha value is -1.89. The first-order valence-electron chi connectivity index (χ1n) is 15.2. The van der Waals surface area contributed by atoms with E-state index >= 15 is 0 Å². The van der Waals surface area contributed by atoms with Gasteiger partial charge in [-0.15, -0.1) is 0 Å². The molecule has 0 saturated heterocycles. The molecule has 0 bridgehead atoms. The maximum absolute atomic E-state index is 14.8. The van der Waals surface area contributed by atoms with E-state index in [9.17, 15) is 10.1 Å². The average molecular weight is 687 g/mol. The van der Waals surface area contributed by atoms with E-state index in [-0.39, 0.29) is 10.9 Å². The highest BCUT2D eigenvalue weighted by molar-refractivity contribution is 14.1. The topological polar surface area (TPSA) is 62.6 Å². The summed E-state index contributed by atoms with van der Waals surface area (Å²) >= 11 is 2.35. The number of ether oxygens (including phenoxy) is 1. The van der Waals surface area contributed by atoms with Crippen LogP contribution in [0.25, 0.3) is 0 Å². The molecule has 0 N–H and O–H groups in total. The maximum atomic E-state index is 14.8. The van der Waals surface area contributed by atoms with E-state index in [0.29, 0.717) is 23.1 Å². The molecule has 5 nitrogen and oxygen atoms in total. The zero-order chi connectivity index (χ0) is 29.8. The molecule has 2 aliphatic carbocycles. The summed E-state index contributed by atoms with van der Waals surface area (Å²) in [6.07, 6.45) is 9.10. The van der Waals surface area contributed by atoms with E-state index in [1.807, 2.05) is 12.1 Å². The van der Waals surface area contributed by atoms with E-state index in [4.69, 9.17) is 9.16 Å². The molecule has 1 amide bonds. The third-order valence-electron chi connectivity index (χ3n) is 9.78. The lowest BCUT2D eigenvalue weighted by molar-refractivity contribution is -0.138. The van der Waals surface area contributed by atoms with Crippen molar-refractivity contribution in [3.05, 3.63) is 57.2 Å². The van der Waals surface area contributed by atoms with Gasteiger partial charge in [-0.05, 0) is 127 Å². The van der Waals surface area contributed by atoms with Gasteiger partial charge in [-0.2, -0.15) is 5.26 Å². The van der Waals surface area contributed by atoms with Crippen molar-refractivity contribution < 1.29 is 14.0 Å². The zero-order valence-corrected chi connectivity index (χ0v) is 28.9. The number of amides is 1. The third-order valence-corrected chi connectivity index (χ3v) is 15.0. The molecule has 4 rings (SSSR count). The third kappa shape index (κ3) is 7.37. The number of rotatable bonds is 8. The molecule has 0 aliphatic heterocycles. The van der Waals surface area contributed by atoms with Crippen LogP contribution in [0, 0.1) is 20.8 Å². The lowest BCUT2D eigenvalue weighted by Crippen LogP contribution is -2.59. The number of hydrogen-bond acceptors (Lipinski definition) is 4. The highest BCUT2D eigenvalue weighted by Gasteiger charge is 2.51. The van der Waals surface area contributed by atoms with Crippen molar-refractivity contribution in [1.82, 2.24) is 0 Å². The molecule has 2 aliphatic rings. The summed E-state index contributed by atoms with van der Waals surface area (Å²) in [7, 11) is -0.572. The molecule has 0 atom stereocenters. The van der Waals surface area contributed by atoms with Crippen molar-refractivity contribution in [3.8, 4) is 11.8 Å². The monoisotopic (exact) mass is 686 g/mol. The van der Waals surface area contributed by atoms with Crippen molar-refractivity contribution >= 4 is 42.5 Å². The number of carbonyl (C=O) groups is 1. The summed E-state index contributed by atoms with van der Waals surface area (Å²) in [6, 6.07) is 16.7. The van der Waals surface area contributed by atoms with E-state index < -0.39 is 13.9 Å². The lowest BCUT2D eigenvalue weighted by Gasteiger charge is -2.48. The number of carbonyl (C=O) groups excluding carboxylic acids is 1. The maximum Gasteiger partial charge on any atom is 0.258 e. The minimum atomic E-state index is -2.18. The fourth-order valence-electron chi connectivity index (χ4n) is 6.32. The van der Waals surface area contributed by atoms with E-state index in [1.54, 1.807) is 7.11 Å². The van der Waals surface area contributed by atoms with Gasteiger partial charge >= 0.3 is 0 Å². The molecular weight excluding hydrogens is 639 g/mol. The first kappa shape index (κ1) is 32.0. The number of nitrogens with zero attached hydrogens (tertiary/aromatic N) is 2. The summed E-state index contributed by atoms with van der Waals surface area (Å²) < 4.78 is 13.6. The van der Waals surface area contributed by atoms with Crippen LogP contribution in [-0.2, 0) is 9.22 Å². The van der Waals surface area contributed by atoms with Crippen LogP contribution >= 0.6 is 22.6 Å². The average Bonchev–Trinajstić information content (AvgIpc) is 2.95. The Morgan fingerprint density at radius 1 is 1.07 bits per heavy atom. The number of methoxy groups -OCH3 is 1. The van der Waals surface area contributed by atoms with Gasteiger partial charge in [-0.3, -0.25) is 4.79 Å². The SMILES string of the molecule is COc1ccc(C2CCC(CN(C(=O)C3(O[Si](C)(C)C(C)(C)C)CCCCC3)c3cccc(I)c3)CC2)cc1C#N. The minimum absolute atomic E-state index is 0.0376. The van der Waals surface area contributed by atoms with Crippen molar-refractivity contribution in [3.63, 3.8) is 0 Å². The summed E-state index contributed by atoms with van der Waals surface area (Å²) in [4.78, 5) is 16.9. The molecule has 7 heteroatoms. The second-order valence-electron chi connectivity index (χ2n) is 13.6. The van der Waals surface area contributed by atoms with E-state index in [2.05, 4.69) is 97.8 Å². The van der Waals surface area contributed by atoms with Gasteiger partial charge in [0.05, 0.1) is 12.7 Å². The summed E-state index contributed by atoms with van der Waals surface area (Å²) in [5.41, 5.74) is 2.07. The Labute approximate surface area is 262 Å². The van der Waals surface area contributed by atoms with Crippen LogP contribution in [0.4, 0.5) is 5.69 Å². The molecule has 0 aromatic heterocycles. The van der Waals surface area contributed by atoms with Crippen molar-refractivity contribution in [2.24, 2.45) is 5.92 Å². The van der Waals surface area contributed by atoms with Gasteiger partial charge in [0.1, 0.15) is 17.4 Å². The van der Waals surface area contributed by atoms with Gasteiger partial charge in [0.15, 0.2) is 8.32 Å². The molecule has 0 unspecified atom stereocenters. The zero-order valence-electron chi connectivity index (χ0n) is 25.8. The highest BCUT2D eigenvalue weighted by Crippen LogP contribution is 2.45. The Balaban J connectivity index is 1.57. The van der Waals surface area contributed by atoms with Gasteiger partial charge < -0.3 is 14.1 Å². The number of hydrogen-bond donors (Lipinski definition) is 0. The second-order valence-corrected chi connectivity index (χ2v) is 19.6. The quantitative estimate of drug-likeness (QED) is 0.205. The second kappa shape index (κ2) is 13.2. The van der Waals surface area contributed by atoms with Gasteiger partial charge in [0.2, 0.25) is 0 Å². The van der Waals surface area contributed by atoms with Crippen LogP contribution in [0.1, 0.15) is 95.6 Å². The Kier molecular flexibility index (Phi) is 10.3. The van der Waals surface area contributed by atoms with Crippen LogP contribution in [0.5, 0.6) is 5.75 Å². The lowest BCUT2D eigenvalue weighted by atomic mass is 9.77. The summed E-state index contributed by atoms with van der Waals surface area (Å²) in [6.45, 7) is 12.1. The molecule has 41 heavy (non-hydrogen) atoms. The molecule has 2 saturated carbocycles. The number of nitriles is 1. The van der Waals surface area contributed by atoms with E-state index in [1.165, 1.54) is 12.0 Å². The van der Waals surface area contributed by atoms with Crippen molar-refractivity contribution in [1.29, 1.82) is 5.26 Å². The fourth-order valence-corrected chi connectivity index (χ4v) is 8.42. The molecule has 0 radical (unpaired) electrons. The van der Waals surface area contributed by atoms with Crippen molar-refractivity contribution in [2.75, 3.05) is 18.6 Å². The number of halogens is 1. The fraction of sp³-hybridized carbons (Fsp3) is 0.588. The predicted molar refractivity (Wildman–Crippen MR) is 178 cm³/mol. The molecule has 0 heterocycles. The molecule has 0 spiro atoms. The van der Waals surface area contributed by atoms with Gasteiger partial charge in [-0.1, -0.05) is 52.2 Å². The minimum Gasteiger partial charge on any atom is -0.495 e. The highest BCUT2D eigenvalue weighted by atomic mass is 127. The summed E-state index contributed by atoms with van der Waals surface area (Å²) in [5, 5.41) is 9.60. The molecular formula is C34H47IN2O3Si. The van der Waals surface area contributed by atoms with Gasteiger partial charge in [0, 0.05) is 15.8 Å². The Bertz CT molecular complexity index is 1250. The van der Waals surface area contributed by atoms with Crippen LogP contribution in [0.3, 0.4) is 0 Å². The first-order valence-corrected chi connectivity index (χ1v) is 19.2. The van der Waals surface area contributed by atoms with Gasteiger partial charge in [0.25, 0.3) is 5.91 Å². The number of benzene rings is 2. The largest absolute Gasteiger partial charge is 0.495 e. The van der Waals surface area contributed by atoms with Gasteiger partial charge in [-0.25, -0.2) is 0 Å². The predicted octanol–water partition coefficient (Wildman–Crippen LogP) is 9.20. The standard InChI is InChI=1S/C34H47IN2O3Si/c1-33(2,3)41(5,6)40-34(19-8-7-9-20-34)32(38)37(30-12-10-11-29(35)22-30)24-25-13-15-26(16-14-25)27-17-18-31(39-4)28(21-27)23-36/h10-12,17-18,21-22,25-26H,7-9,13-16,19-20,24H2,1-6H3. The molecule has 222 valence electrons. The molecule has 2 aromatic rings. The normalized spacial score (nSPS) is 21.1. The summed E-state index contributed by atoms with van der Waals surface area (Å²) in [5.74, 6) is 1.65. The smallest absolute Gasteiger partial charge is 0.258 e. The Morgan fingerprint density at radius 3 is 2.34 bits per heavy atom. The van der Waals surface area contributed by atoms with E-state index in [0.717, 1.165) is 67.2 Å². The Morgan fingerprint density at radius 2 is 1.76 bits per heavy atom. The van der Waals surface area contributed by atoms with Crippen LogP contribution in [0.15, 0.2) is 42.5 Å². The van der Waals surface area contributed by atoms with Crippen LogP contribution in [0.2, 0.25) is 18.1 Å². The van der Waals surface area contributed by atoms with Crippen LogP contribution < -0.4 is 9.64 Å². The number of anilines is 1. The van der Waals surface area contributed by atoms with Crippen molar-refractivity contribution in [2.45, 2.75) is 108 Å². The molecule has 2 fully saturated rings. The first-order chi connectivity index (χ1) is 19.4.